The Labute approximate surface area is 218 Å². The number of esters is 1. The first-order valence-electron chi connectivity index (χ1n) is 9.69. The lowest BCUT2D eigenvalue weighted by Gasteiger charge is -2.27. The first-order chi connectivity index (χ1) is 15.7. The number of allylic oxidation sites excluding steroid dienone is 2. The maximum absolute atomic E-state index is 12.7. The van der Waals surface area contributed by atoms with Crippen molar-refractivity contribution in [2.24, 2.45) is 5.73 Å². The molecular formula is C23H18Br2Cl2N2O4. The second-order valence-corrected chi connectivity index (χ2v) is 9.49. The van der Waals surface area contributed by atoms with Crippen molar-refractivity contribution in [1.82, 2.24) is 0 Å². The molecule has 0 bridgehead atoms. The normalized spacial score (nSPS) is 15.7. The van der Waals surface area contributed by atoms with Gasteiger partial charge in [-0.2, -0.15) is 5.26 Å². The van der Waals surface area contributed by atoms with E-state index in [1.807, 2.05) is 6.07 Å². The van der Waals surface area contributed by atoms with Gasteiger partial charge in [0.05, 0.1) is 37.1 Å². The number of nitriles is 1. The van der Waals surface area contributed by atoms with Crippen molar-refractivity contribution >= 4 is 61.0 Å². The zero-order valence-corrected chi connectivity index (χ0v) is 22.2. The monoisotopic (exact) mass is 614 g/mol. The van der Waals surface area contributed by atoms with E-state index in [0.29, 0.717) is 30.3 Å². The van der Waals surface area contributed by atoms with Gasteiger partial charge in [0.1, 0.15) is 29.8 Å². The van der Waals surface area contributed by atoms with Crippen molar-refractivity contribution in [3.8, 4) is 11.8 Å². The van der Waals surface area contributed by atoms with E-state index in [4.69, 9.17) is 43.1 Å². The molecule has 1 heterocycles. The maximum atomic E-state index is 12.7. The Hall–Kier alpha value is -2.18. The van der Waals surface area contributed by atoms with E-state index in [9.17, 15) is 10.1 Å². The molecule has 1 aliphatic heterocycles. The topological polar surface area (TPSA) is 94.6 Å². The third-order valence-corrected chi connectivity index (χ3v) is 6.74. The first kappa shape index (κ1) is 25.4. The van der Waals surface area contributed by atoms with Gasteiger partial charge >= 0.3 is 5.97 Å². The second kappa shape index (κ2) is 10.8. The molecule has 0 amide bonds. The molecule has 0 aromatic heterocycles. The maximum Gasteiger partial charge on any atom is 0.338 e. The van der Waals surface area contributed by atoms with Crippen LogP contribution >= 0.6 is 55.1 Å². The number of nitrogens with zero attached hydrogens (tertiary/aromatic N) is 1. The average molecular weight is 617 g/mol. The molecule has 2 N–H and O–H groups in total. The number of carbonyl (C=O) groups excluding carboxylic acids is 1. The fraction of sp³-hybridized carbons (Fsp3) is 0.217. The highest BCUT2D eigenvalue weighted by molar-refractivity contribution is 9.11. The first-order valence-corrected chi connectivity index (χ1v) is 12.0. The van der Waals surface area contributed by atoms with Crippen molar-refractivity contribution in [3.05, 3.63) is 83.2 Å². The molecule has 172 valence electrons. The molecule has 1 atom stereocenters. The van der Waals surface area contributed by atoms with Crippen LogP contribution in [0.5, 0.6) is 5.75 Å². The summed E-state index contributed by atoms with van der Waals surface area (Å²) in [5.74, 6) is -0.583. The summed E-state index contributed by atoms with van der Waals surface area (Å²) in [7, 11) is 0. The molecule has 0 saturated heterocycles. The van der Waals surface area contributed by atoms with E-state index in [1.165, 1.54) is 0 Å². The van der Waals surface area contributed by atoms with Crippen molar-refractivity contribution in [1.29, 1.82) is 5.26 Å². The van der Waals surface area contributed by atoms with Gasteiger partial charge < -0.3 is 19.9 Å². The SMILES string of the molecule is CCOC(=O)C1=C(C)OC(N)=C(C#N)C1c1cc(Br)c(OCc2ccc(Cl)c(Cl)c2)c(Br)c1. The molecule has 0 fully saturated rings. The van der Waals surface area contributed by atoms with E-state index in [2.05, 4.69) is 37.9 Å². The number of halogens is 4. The molecule has 0 spiro atoms. The average Bonchev–Trinajstić information content (AvgIpc) is 2.75. The fourth-order valence-electron chi connectivity index (χ4n) is 3.36. The fourth-order valence-corrected chi connectivity index (χ4v) is 5.13. The Kier molecular flexibility index (Phi) is 8.35. The lowest BCUT2D eigenvalue weighted by atomic mass is 9.83. The molecule has 2 aromatic carbocycles. The van der Waals surface area contributed by atoms with E-state index in [1.54, 1.807) is 38.1 Å². The quantitative estimate of drug-likeness (QED) is 0.361. The number of rotatable bonds is 6. The summed E-state index contributed by atoms with van der Waals surface area (Å²) in [6.07, 6.45) is 0. The second-order valence-electron chi connectivity index (χ2n) is 6.97. The number of hydrogen-bond acceptors (Lipinski definition) is 6. The van der Waals surface area contributed by atoms with Crippen LogP contribution in [0.4, 0.5) is 0 Å². The number of ether oxygens (including phenoxy) is 3. The lowest BCUT2D eigenvalue weighted by molar-refractivity contribution is -0.139. The van der Waals surface area contributed by atoms with Gasteiger partial charge in [-0.1, -0.05) is 29.3 Å². The minimum Gasteiger partial charge on any atom is -0.487 e. The van der Waals surface area contributed by atoms with Crippen LogP contribution in [0, 0.1) is 11.3 Å². The van der Waals surface area contributed by atoms with Crippen LogP contribution in [0.25, 0.3) is 0 Å². The summed E-state index contributed by atoms with van der Waals surface area (Å²) in [4.78, 5) is 12.7. The molecule has 1 aliphatic rings. The standard InChI is InChI=1S/C23H18Br2Cl2N2O4/c1-3-31-23(30)19-11(2)33-22(29)14(9-28)20(19)13-7-15(24)21(16(25)8-13)32-10-12-4-5-17(26)18(27)6-12/h4-8,20H,3,10,29H2,1-2H3. The molecule has 0 radical (unpaired) electrons. The largest absolute Gasteiger partial charge is 0.487 e. The Morgan fingerprint density at radius 2 is 1.88 bits per heavy atom. The van der Waals surface area contributed by atoms with Crippen molar-refractivity contribution in [2.45, 2.75) is 26.4 Å². The molecule has 3 rings (SSSR count). The van der Waals surface area contributed by atoms with E-state index >= 15 is 0 Å². The van der Waals surface area contributed by atoms with Crippen LogP contribution in [0.2, 0.25) is 10.0 Å². The van der Waals surface area contributed by atoms with Gasteiger partial charge in [0.25, 0.3) is 0 Å². The molecule has 6 nitrogen and oxygen atoms in total. The highest BCUT2D eigenvalue weighted by atomic mass is 79.9. The highest BCUT2D eigenvalue weighted by Crippen LogP contribution is 2.44. The van der Waals surface area contributed by atoms with Gasteiger partial charge in [-0.15, -0.1) is 0 Å². The van der Waals surface area contributed by atoms with Gasteiger partial charge in [0.15, 0.2) is 0 Å². The highest BCUT2D eigenvalue weighted by Gasteiger charge is 2.37. The molecule has 0 aliphatic carbocycles. The number of nitrogens with two attached hydrogens (primary N) is 1. The molecule has 1 unspecified atom stereocenters. The van der Waals surface area contributed by atoms with Gasteiger partial charge in [-0.05, 0) is 81.1 Å². The van der Waals surface area contributed by atoms with Gasteiger partial charge in [0.2, 0.25) is 5.88 Å². The number of benzene rings is 2. The molecule has 0 saturated carbocycles. The zero-order chi connectivity index (χ0) is 24.3. The van der Waals surface area contributed by atoms with Crippen LogP contribution in [-0.4, -0.2) is 12.6 Å². The van der Waals surface area contributed by atoms with Crippen molar-refractivity contribution in [2.75, 3.05) is 6.61 Å². The van der Waals surface area contributed by atoms with Crippen LogP contribution < -0.4 is 10.5 Å². The number of hydrogen-bond donors (Lipinski definition) is 1. The third kappa shape index (κ3) is 5.49. The zero-order valence-electron chi connectivity index (χ0n) is 17.5. The van der Waals surface area contributed by atoms with Crippen LogP contribution in [0.1, 0.15) is 30.9 Å². The molecule has 10 heteroatoms. The third-order valence-electron chi connectivity index (χ3n) is 4.82. The lowest BCUT2D eigenvalue weighted by Crippen LogP contribution is -2.25. The van der Waals surface area contributed by atoms with Gasteiger partial charge in [-0.3, -0.25) is 0 Å². The smallest absolute Gasteiger partial charge is 0.338 e. The van der Waals surface area contributed by atoms with E-state index < -0.39 is 11.9 Å². The summed E-state index contributed by atoms with van der Waals surface area (Å²) >= 11 is 19.1. The molecule has 33 heavy (non-hydrogen) atoms. The summed E-state index contributed by atoms with van der Waals surface area (Å²) in [6, 6.07) is 10.8. The van der Waals surface area contributed by atoms with Gasteiger partial charge in [0, 0.05) is 0 Å². The molecule has 2 aromatic rings. The Morgan fingerprint density at radius 1 is 1.21 bits per heavy atom. The Morgan fingerprint density at radius 3 is 2.45 bits per heavy atom. The summed E-state index contributed by atoms with van der Waals surface area (Å²) in [6.45, 7) is 3.74. The van der Waals surface area contributed by atoms with Crippen molar-refractivity contribution in [3.63, 3.8) is 0 Å². The summed E-state index contributed by atoms with van der Waals surface area (Å²) in [5, 5.41) is 10.6. The predicted molar refractivity (Wildman–Crippen MR) is 133 cm³/mol. The summed E-state index contributed by atoms with van der Waals surface area (Å²) in [5.41, 5.74) is 7.76. The molecular weight excluding hydrogens is 599 g/mol. The van der Waals surface area contributed by atoms with Gasteiger partial charge in [-0.25, -0.2) is 4.79 Å². The van der Waals surface area contributed by atoms with Crippen LogP contribution in [0.15, 0.2) is 62.1 Å². The number of carbonyl (C=O) groups is 1. The van der Waals surface area contributed by atoms with Crippen LogP contribution in [-0.2, 0) is 20.9 Å². The minimum atomic E-state index is -0.764. The van der Waals surface area contributed by atoms with E-state index in [0.717, 1.165) is 5.56 Å². The Balaban J connectivity index is 1.99. The Bertz CT molecular complexity index is 1200. The van der Waals surface area contributed by atoms with Crippen LogP contribution in [0.3, 0.4) is 0 Å². The summed E-state index contributed by atoms with van der Waals surface area (Å²) < 4.78 is 17.8. The van der Waals surface area contributed by atoms with Crippen molar-refractivity contribution < 1.29 is 19.0 Å². The minimum absolute atomic E-state index is 0.0553. The van der Waals surface area contributed by atoms with E-state index in [-0.39, 0.29) is 36.0 Å². The predicted octanol–water partition coefficient (Wildman–Crippen LogP) is 6.74.